The quantitative estimate of drug-likeness (QED) is 0.424. The van der Waals surface area contributed by atoms with Gasteiger partial charge in [-0.1, -0.05) is 31.2 Å². The van der Waals surface area contributed by atoms with Crippen molar-refractivity contribution in [2.24, 2.45) is 10.7 Å². The molecule has 0 bridgehead atoms. The summed E-state index contributed by atoms with van der Waals surface area (Å²) in [5, 5.41) is 2.98. The fraction of sp³-hybridized carbons (Fsp3) is 0.462. The maximum atomic E-state index is 11.4. The number of benzene rings is 1. The minimum atomic E-state index is -3.05. The molecule has 0 amide bonds. The van der Waals surface area contributed by atoms with E-state index in [9.17, 15) is 8.42 Å². The van der Waals surface area contributed by atoms with Gasteiger partial charge in [0.2, 0.25) is 0 Å². The smallest absolute Gasteiger partial charge is 0.188 e. The maximum Gasteiger partial charge on any atom is 0.188 e. The number of aliphatic imine (C=N–C) groups is 1. The Balaban J connectivity index is 0.00000361. The SMILES string of the molecule is CCCNC(N)=NCc1ccccc1CS(C)(=O)=O.I. The minimum absolute atomic E-state index is 0. The summed E-state index contributed by atoms with van der Waals surface area (Å²) in [5.41, 5.74) is 7.36. The fourth-order valence-electron chi connectivity index (χ4n) is 1.61. The molecular weight excluding hydrogens is 389 g/mol. The van der Waals surface area contributed by atoms with Crippen molar-refractivity contribution < 1.29 is 8.42 Å². The Bertz CT molecular complexity index is 544. The summed E-state index contributed by atoms with van der Waals surface area (Å²) in [6.07, 6.45) is 2.20. The molecule has 0 unspecified atom stereocenters. The number of hydrogen-bond acceptors (Lipinski definition) is 3. The Kier molecular flexibility index (Phi) is 8.79. The van der Waals surface area contributed by atoms with E-state index in [1.54, 1.807) is 0 Å². The van der Waals surface area contributed by atoms with Crippen molar-refractivity contribution in [3.8, 4) is 0 Å². The predicted molar refractivity (Wildman–Crippen MR) is 94.0 cm³/mol. The first-order chi connectivity index (χ1) is 8.92. The van der Waals surface area contributed by atoms with Crippen molar-refractivity contribution in [3.63, 3.8) is 0 Å². The Morgan fingerprint density at radius 2 is 1.90 bits per heavy atom. The summed E-state index contributed by atoms with van der Waals surface area (Å²) in [6.45, 7) is 3.20. The largest absolute Gasteiger partial charge is 0.370 e. The third kappa shape index (κ3) is 7.68. The van der Waals surface area contributed by atoms with Gasteiger partial charge in [0.05, 0.1) is 12.3 Å². The molecule has 0 fully saturated rings. The molecule has 0 saturated carbocycles. The van der Waals surface area contributed by atoms with Crippen LogP contribution in [0.1, 0.15) is 24.5 Å². The molecule has 0 aliphatic rings. The Morgan fingerprint density at radius 1 is 1.30 bits per heavy atom. The molecule has 1 aromatic carbocycles. The molecule has 114 valence electrons. The predicted octanol–water partition coefficient (Wildman–Crippen LogP) is 1.66. The van der Waals surface area contributed by atoms with Crippen molar-refractivity contribution in [1.29, 1.82) is 0 Å². The molecular formula is C13H22IN3O2S. The third-order valence-electron chi connectivity index (χ3n) is 2.51. The lowest BCUT2D eigenvalue weighted by molar-refractivity contribution is 0.601. The number of sulfone groups is 1. The van der Waals surface area contributed by atoms with E-state index in [0.717, 1.165) is 24.1 Å². The van der Waals surface area contributed by atoms with Gasteiger partial charge in [0, 0.05) is 12.8 Å². The first-order valence-electron chi connectivity index (χ1n) is 6.20. The van der Waals surface area contributed by atoms with Crippen molar-refractivity contribution in [1.82, 2.24) is 5.32 Å². The van der Waals surface area contributed by atoms with Gasteiger partial charge in [-0.25, -0.2) is 13.4 Å². The minimum Gasteiger partial charge on any atom is -0.370 e. The van der Waals surface area contributed by atoms with Crippen LogP contribution in [0.25, 0.3) is 0 Å². The van der Waals surface area contributed by atoms with Gasteiger partial charge in [0.1, 0.15) is 0 Å². The summed E-state index contributed by atoms with van der Waals surface area (Å²) in [4.78, 5) is 4.21. The number of halogens is 1. The number of nitrogens with two attached hydrogens (primary N) is 1. The van der Waals surface area contributed by atoms with Crippen molar-refractivity contribution >= 4 is 39.8 Å². The van der Waals surface area contributed by atoms with Crippen LogP contribution in [-0.2, 0) is 22.1 Å². The highest BCUT2D eigenvalue weighted by Gasteiger charge is 2.08. The van der Waals surface area contributed by atoms with Crippen LogP contribution in [0.2, 0.25) is 0 Å². The first kappa shape index (κ1) is 19.2. The number of hydrogen-bond donors (Lipinski definition) is 2. The van der Waals surface area contributed by atoms with Gasteiger partial charge < -0.3 is 11.1 Å². The van der Waals surface area contributed by atoms with Crippen LogP contribution < -0.4 is 11.1 Å². The molecule has 0 aliphatic heterocycles. The van der Waals surface area contributed by atoms with Crippen LogP contribution in [0.15, 0.2) is 29.3 Å². The number of rotatable bonds is 6. The van der Waals surface area contributed by atoms with Crippen molar-refractivity contribution in [2.75, 3.05) is 12.8 Å². The van der Waals surface area contributed by atoms with Gasteiger partial charge in [0.15, 0.2) is 15.8 Å². The zero-order chi connectivity index (χ0) is 14.3. The van der Waals surface area contributed by atoms with Gasteiger partial charge in [-0.3, -0.25) is 0 Å². The average Bonchev–Trinajstić information content (AvgIpc) is 2.33. The number of nitrogens with zero attached hydrogens (tertiary/aromatic N) is 1. The Hall–Kier alpha value is -0.830. The van der Waals surface area contributed by atoms with E-state index in [1.807, 2.05) is 31.2 Å². The highest BCUT2D eigenvalue weighted by atomic mass is 127. The van der Waals surface area contributed by atoms with Crippen LogP contribution in [0.4, 0.5) is 0 Å². The molecule has 7 heteroatoms. The molecule has 0 spiro atoms. The molecule has 0 atom stereocenters. The second kappa shape index (κ2) is 9.17. The van der Waals surface area contributed by atoms with Crippen molar-refractivity contribution in [2.45, 2.75) is 25.6 Å². The molecule has 0 aromatic heterocycles. The number of guanidine groups is 1. The summed E-state index contributed by atoms with van der Waals surface area (Å²) in [7, 11) is -3.05. The molecule has 0 heterocycles. The average molecular weight is 411 g/mol. The molecule has 1 rings (SSSR count). The highest BCUT2D eigenvalue weighted by Crippen LogP contribution is 2.13. The zero-order valence-electron chi connectivity index (χ0n) is 11.8. The molecule has 0 radical (unpaired) electrons. The molecule has 5 nitrogen and oxygen atoms in total. The van der Waals surface area contributed by atoms with E-state index in [1.165, 1.54) is 6.26 Å². The fourth-order valence-corrected chi connectivity index (χ4v) is 2.46. The monoisotopic (exact) mass is 411 g/mol. The lowest BCUT2D eigenvalue weighted by Gasteiger charge is -2.07. The van der Waals surface area contributed by atoms with Crippen LogP contribution in [0.5, 0.6) is 0 Å². The summed E-state index contributed by atoms with van der Waals surface area (Å²) < 4.78 is 22.7. The van der Waals surface area contributed by atoms with Crippen LogP contribution in [0, 0.1) is 0 Å². The van der Waals surface area contributed by atoms with Gasteiger partial charge in [-0.05, 0) is 17.5 Å². The molecule has 20 heavy (non-hydrogen) atoms. The van der Waals surface area contributed by atoms with Gasteiger partial charge >= 0.3 is 0 Å². The van der Waals surface area contributed by atoms with Crippen LogP contribution >= 0.6 is 24.0 Å². The van der Waals surface area contributed by atoms with E-state index in [0.29, 0.717) is 12.5 Å². The number of nitrogens with one attached hydrogen (secondary N) is 1. The second-order valence-electron chi connectivity index (χ2n) is 4.47. The topological polar surface area (TPSA) is 84.5 Å². The first-order valence-corrected chi connectivity index (χ1v) is 8.26. The van der Waals surface area contributed by atoms with E-state index >= 15 is 0 Å². The summed E-state index contributed by atoms with van der Waals surface area (Å²) in [5.74, 6) is 0.414. The third-order valence-corrected chi connectivity index (χ3v) is 3.35. The van der Waals surface area contributed by atoms with Crippen molar-refractivity contribution in [3.05, 3.63) is 35.4 Å². The Morgan fingerprint density at radius 3 is 2.45 bits per heavy atom. The van der Waals surface area contributed by atoms with Gasteiger partial charge in [-0.2, -0.15) is 0 Å². The molecule has 1 aromatic rings. The Labute approximate surface area is 138 Å². The van der Waals surface area contributed by atoms with Crippen LogP contribution in [-0.4, -0.2) is 27.2 Å². The van der Waals surface area contributed by atoms with E-state index < -0.39 is 9.84 Å². The zero-order valence-corrected chi connectivity index (χ0v) is 14.9. The molecule has 0 aliphatic carbocycles. The molecule has 3 N–H and O–H groups in total. The maximum absolute atomic E-state index is 11.4. The van der Waals surface area contributed by atoms with E-state index in [4.69, 9.17) is 5.73 Å². The summed E-state index contributed by atoms with van der Waals surface area (Å²) >= 11 is 0. The highest BCUT2D eigenvalue weighted by molar-refractivity contribution is 14.0. The summed E-state index contributed by atoms with van der Waals surface area (Å²) in [6, 6.07) is 7.37. The van der Waals surface area contributed by atoms with Gasteiger partial charge in [-0.15, -0.1) is 24.0 Å². The van der Waals surface area contributed by atoms with E-state index in [-0.39, 0.29) is 29.7 Å². The van der Waals surface area contributed by atoms with E-state index in [2.05, 4.69) is 10.3 Å². The lowest BCUT2D eigenvalue weighted by atomic mass is 10.1. The normalized spacial score (nSPS) is 11.8. The van der Waals surface area contributed by atoms with Crippen LogP contribution in [0.3, 0.4) is 0 Å². The standard InChI is InChI=1S/C13H21N3O2S.HI/c1-3-8-15-13(14)16-9-11-6-4-5-7-12(11)10-19(2,17)18;/h4-7H,3,8-10H2,1-2H3,(H3,14,15,16);1H. The second-order valence-corrected chi connectivity index (χ2v) is 6.61. The lowest BCUT2D eigenvalue weighted by Crippen LogP contribution is -2.32. The van der Waals surface area contributed by atoms with Gasteiger partial charge in [0.25, 0.3) is 0 Å². The molecule has 0 saturated heterocycles.